The maximum absolute atomic E-state index is 2.53. The number of hydrogen-bond donors (Lipinski definition) is 0. The number of aryl methyl sites for hydroxylation is 1. The maximum atomic E-state index is 2.53. The molecule has 1 heteroatoms. The first-order chi connectivity index (χ1) is 17.4. The van der Waals surface area contributed by atoms with Gasteiger partial charge in [0.25, 0.3) is 0 Å². The lowest BCUT2D eigenvalue weighted by atomic mass is 9.82. The maximum Gasteiger partial charge on any atom is 0.0620 e. The van der Waals surface area contributed by atoms with Crippen molar-refractivity contribution in [3.63, 3.8) is 0 Å². The van der Waals surface area contributed by atoms with E-state index in [4.69, 9.17) is 0 Å². The number of para-hydroxylation sites is 1. The summed E-state index contributed by atoms with van der Waals surface area (Å²) in [5.41, 5.74) is 14.3. The molecule has 0 unspecified atom stereocenters. The average molecular weight is 464 g/mol. The van der Waals surface area contributed by atoms with E-state index in [0.29, 0.717) is 0 Å². The fourth-order valence-electron chi connectivity index (χ4n) is 6.00. The Balaban J connectivity index is 1.72. The second-order valence-electron chi connectivity index (χ2n) is 11.1. The summed E-state index contributed by atoms with van der Waals surface area (Å²) in [5, 5.41) is 2.61. The minimum Gasteiger partial charge on any atom is -0.308 e. The Morgan fingerprint density at radius 2 is 1.22 bits per heavy atom. The number of aromatic nitrogens is 1. The zero-order valence-corrected chi connectivity index (χ0v) is 21.3. The molecule has 0 saturated carbocycles. The van der Waals surface area contributed by atoms with Gasteiger partial charge in [0.2, 0.25) is 0 Å². The minimum absolute atomic E-state index is 0.0719. The molecule has 0 amide bonds. The highest BCUT2D eigenvalue weighted by Crippen LogP contribution is 2.49. The summed E-state index contributed by atoms with van der Waals surface area (Å²) in [6, 6.07) is 38.2. The molecule has 2 heterocycles. The van der Waals surface area contributed by atoms with Gasteiger partial charge in [-0.25, -0.2) is 0 Å². The fraction of sp³-hybridized carbons (Fsp3) is 0.143. The highest BCUT2D eigenvalue weighted by atomic mass is 15.0. The molecule has 0 aliphatic carbocycles. The quantitative estimate of drug-likeness (QED) is 0.228. The van der Waals surface area contributed by atoms with E-state index >= 15 is 0 Å². The molecular weight excluding hydrogens is 434 g/mol. The molecule has 6 aromatic rings. The van der Waals surface area contributed by atoms with Gasteiger partial charge in [0, 0.05) is 21.9 Å². The predicted octanol–water partition coefficient (Wildman–Crippen LogP) is 9.70. The van der Waals surface area contributed by atoms with Crippen LogP contribution in [0.4, 0.5) is 0 Å². The summed E-state index contributed by atoms with van der Waals surface area (Å²) in [6.07, 6.45) is 0. The predicted molar refractivity (Wildman–Crippen MR) is 154 cm³/mol. The van der Waals surface area contributed by atoms with E-state index in [2.05, 4.69) is 135 Å². The van der Waals surface area contributed by atoms with Gasteiger partial charge in [-0.15, -0.1) is 0 Å². The van der Waals surface area contributed by atoms with Crippen LogP contribution >= 0.6 is 0 Å². The van der Waals surface area contributed by atoms with Gasteiger partial charge >= 0.3 is 0 Å². The summed E-state index contributed by atoms with van der Waals surface area (Å²) >= 11 is 0. The van der Waals surface area contributed by atoms with Crippen LogP contribution in [0.1, 0.15) is 31.9 Å². The van der Waals surface area contributed by atoms with Crippen molar-refractivity contribution in [2.24, 2.45) is 0 Å². The summed E-state index contributed by atoms with van der Waals surface area (Å²) in [5.74, 6) is 0. The molecule has 0 N–H and O–H groups in total. The molecule has 0 radical (unpaired) electrons. The SMILES string of the molecule is Cc1cc(C(C)(C)C)cc2c1-n1c3ccccc3c3cc(-c4ccccc4)cc(c31)-c1ccccc1-2. The topological polar surface area (TPSA) is 4.93 Å². The summed E-state index contributed by atoms with van der Waals surface area (Å²) in [6.45, 7) is 9.20. The normalized spacial score (nSPS) is 12.4. The van der Waals surface area contributed by atoms with Gasteiger partial charge in [-0.1, -0.05) is 99.6 Å². The number of benzene rings is 5. The van der Waals surface area contributed by atoms with Crippen molar-refractivity contribution in [1.29, 1.82) is 0 Å². The molecule has 1 aliphatic heterocycles. The molecule has 1 aliphatic rings. The number of nitrogens with zero attached hydrogens (tertiary/aromatic N) is 1. The zero-order chi connectivity index (χ0) is 24.6. The van der Waals surface area contributed by atoms with Crippen LogP contribution in [0.15, 0.2) is 103 Å². The third-order valence-corrected chi connectivity index (χ3v) is 7.77. The standard InChI is InChI=1S/C35H29N/c1-22-18-25(35(2,3)4)21-31-27-15-9-8-14-26(27)29-19-24(23-12-6-5-7-13-23)20-30-28-16-10-11-17-32(28)36(33(22)31)34(29)30/h5-21H,1-4H3. The van der Waals surface area contributed by atoms with Crippen molar-refractivity contribution in [3.05, 3.63) is 114 Å². The summed E-state index contributed by atoms with van der Waals surface area (Å²) in [7, 11) is 0. The van der Waals surface area contributed by atoms with Crippen molar-refractivity contribution in [1.82, 2.24) is 4.57 Å². The van der Waals surface area contributed by atoms with Gasteiger partial charge in [0.05, 0.1) is 16.7 Å². The first-order valence-corrected chi connectivity index (χ1v) is 12.8. The fourth-order valence-corrected chi connectivity index (χ4v) is 6.00. The largest absolute Gasteiger partial charge is 0.308 e. The van der Waals surface area contributed by atoms with Gasteiger partial charge < -0.3 is 4.57 Å². The Morgan fingerprint density at radius 3 is 1.97 bits per heavy atom. The first kappa shape index (κ1) is 21.2. The van der Waals surface area contributed by atoms with E-state index in [1.54, 1.807) is 0 Å². The van der Waals surface area contributed by atoms with Crippen LogP contribution in [0, 0.1) is 6.92 Å². The summed E-state index contributed by atoms with van der Waals surface area (Å²) < 4.78 is 2.53. The van der Waals surface area contributed by atoms with Crippen molar-refractivity contribution < 1.29 is 0 Å². The number of rotatable bonds is 1. The Hall–Kier alpha value is -4.10. The van der Waals surface area contributed by atoms with Crippen LogP contribution in [-0.4, -0.2) is 4.57 Å². The van der Waals surface area contributed by atoms with Crippen molar-refractivity contribution in [2.45, 2.75) is 33.1 Å². The van der Waals surface area contributed by atoms with Gasteiger partial charge in [-0.2, -0.15) is 0 Å². The molecule has 7 rings (SSSR count). The van der Waals surface area contributed by atoms with E-state index in [0.717, 1.165) is 0 Å². The van der Waals surface area contributed by atoms with E-state index in [1.807, 2.05) is 0 Å². The van der Waals surface area contributed by atoms with Crippen LogP contribution in [-0.2, 0) is 5.41 Å². The van der Waals surface area contributed by atoms with Crippen molar-refractivity contribution in [3.8, 4) is 39.1 Å². The monoisotopic (exact) mass is 463 g/mol. The van der Waals surface area contributed by atoms with E-state index in [9.17, 15) is 0 Å². The second-order valence-corrected chi connectivity index (χ2v) is 11.1. The Labute approximate surface area is 212 Å². The van der Waals surface area contributed by atoms with Crippen LogP contribution < -0.4 is 0 Å². The molecule has 0 atom stereocenters. The Bertz CT molecular complexity index is 1810. The van der Waals surface area contributed by atoms with Gasteiger partial charge in [0.1, 0.15) is 0 Å². The smallest absolute Gasteiger partial charge is 0.0620 e. The molecule has 174 valence electrons. The molecular formula is C35H29N. The second kappa shape index (κ2) is 7.45. The highest BCUT2D eigenvalue weighted by molar-refractivity contribution is 6.17. The van der Waals surface area contributed by atoms with Crippen LogP contribution in [0.2, 0.25) is 0 Å². The van der Waals surface area contributed by atoms with E-state index in [1.165, 1.54) is 72.0 Å². The molecule has 1 aromatic heterocycles. The van der Waals surface area contributed by atoms with Gasteiger partial charge in [-0.3, -0.25) is 0 Å². The van der Waals surface area contributed by atoms with Gasteiger partial charge in [-0.05, 0) is 70.0 Å². The Morgan fingerprint density at radius 1 is 0.556 bits per heavy atom. The third-order valence-electron chi connectivity index (χ3n) is 7.77. The lowest BCUT2D eigenvalue weighted by Crippen LogP contribution is -2.12. The first-order valence-electron chi connectivity index (χ1n) is 12.8. The zero-order valence-electron chi connectivity index (χ0n) is 21.3. The lowest BCUT2D eigenvalue weighted by molar-refractivity contribution is 0.590. The van der Waals surface area contributed by atoms with Crippen LogP contribution in [0.5, 0.6) is 0 Å². The summed E-state index contributed by atoms with van der Waals surface area (Å²) in [4.78, 5) is 0. The van der Waals surface area contributed by atoms with Crippen molar-refractivity contribution >= 4 is 21.8 Å². The van der Waals surface area contributed by atoms with E-state index < -0.39 is 0 Å². The number of fused-ring (bicyclic) bond motifs is 8. The van der Waals surface area contributed by atoms with Crippen LogP contribution in [0.3, 0.4) is 0 Å². The highest BCUT2D eigenvalue weighted by Gasteiger charge is 2.28. The molecule has 0 bridgehead atoms. The molecule has 36 heavy (non-hydrogen) atoms. The molecule has 0 spiro atoms. The minimum atomic E-state index is 0.0719. The molecule has 0 saturated heterocycles. The Kier molecular flexibility index (Phi) is 4.39. The van der Waals surface area contributed by atoms with E-state index in [-0.39, 0.29) is 5.41 Å². The average Bonchev–Trinajstić information content (AvgIpc) is 3.15. The molecule has 5 aromatic carbocycles. The molecule has 1 nitrogen and oxygen atoms in total. The van der Waals surface area contributed by atoms with Crippen molar-refractivity contribution in [2.75, 3.05) is 0 Å². The number of hydrogen-bond acceptors (Lipinski definition) is 0. The van der Waals surface area contributed by atoms with Gasteiger partial charge in [0.15, 0.2) is 0 Å². The third kappa shape index (κ3) is 2.96. The lowest BCUT2D eigenvalue weighted by Gasteiger charge is -2.24. The molecule has 0 fully saturated rings. The van der Waals surface area contributed by atoms with Crippen LogP contribution in [0.25, 0.3) is 60.9 Å².